The van der Waals surface area contributed by atoms with E-state index >= 15 is 0 Å². The minimum Gasteiger partial charge on any atom is -0.495 e. The molecular weight excluding hydrogens is 256 g/mol. The maximum absolute atomic E-state index is 9.18. The third-order valence-electron chi connectivity index (χ3n) is 2.92. The highest BCUT2D eigenvalue weighted by molar-refractivity contribution is 7.12. The van der Waals surface area contributed by atoms with Crippen LogP contribution in [0.15, 0.2) is 30.3 Å². The maximum atomic E-state index is 9.18. The number of benzene rings is 1. The van der Waals surface area contributed by atoms with Gasteiger partial charge in [-0.3, -0.25) is 0 Å². The van der Waals surface area contributed by atoms with Crippen LogP contribution >= 0.6 is 11.3 Å². The molecule has 4 heteroatoms. The molecular formula is C15H16N2OS. The molecule has 0 amide bonds. The first-order valence-corrected chi connectivity index (χ1v) is 6.87. The molecule has 0 fully saturated rings. The summed E-state index contributed by atoms with van der Waals surface area (Å²) in [7, 11) is 1.61. The van der Waals surface area contributed by atoms with Crippen LogP contribution in [-0.4, -0.2) is 7.11 Å². The lowest BCUT2D eigenvalue weighted by Gasteiger charge is -2.17. The van der Waals surface area contributed by atoms with Gasteiger partial charge in [-0.25, -0.2) is 0 Å². The van der Waals surface area contributed by atoms with Crippen LogP contribution in [0.25, 0.3) is 0 Å². The van der Waals surface area contributed by atoms with E-state index in [0.29, 0.717) is 11.3 Å². The Kier molecular flexibility index (Phi) is 4.08. The Labute approximate surface area is 117 Å². The largest absolute Gasteiger partial charge is 0.495 e. The normalized spacial score (nSPS) is 11.7. The van der Waals surface area contributed by atoms with Gasteiger partial charge in [0.25, 0.3) is 0 Å². The molecule has 3 nitrogen and oxygen atoms in total. The van der Waals surface area contributed by atoms with Crippen LogP contribution in [0.3, 0.4) is 0 Å². The van der Waals surface area contributed by atoms with E-state index in [-0.39, 0.29) is 6.04 Å². The lowest BCUT2D eigenvalue weighted by molar-refractivity contribution is 0.416. The molecule has 1 unspecified atom stereocenters. The number of anilines is 1. The molecule has 0 radical (unpaired) electrons. The highest BCUT2D eigenvalue weighted by Crippen LogP contribution is 2.33. The van der Waals surface area contributed by atoms with Crippen LogP contribution in [0.1, 0.15) is 28.3 Å². The van der Waals surface area contributed by atoms with E-state index < -0.39 is 0 Å². The minimum absolute atomic E-state index is 0.141. The van der Waals surface area contributed by atoms with Gasteiger partial charge < -0.3 is 10.1 Å². The summed E-state index contributed by atoms with van der Waals surface area (Å²) in [4.78, 5) is 2.52. The van der Waals surface area contributed by atoms with Gasteiger partial charge in [0, 0.05) is 9.75 Å². The van der Waals surface area contributed by atoms with E-state index in [1.807, 2.05) is 12.1 Å². The topological polar surface area (TPSA) is 45.0 Å². The van der Waals surface area contributed by atoms with E-state index in [2.05, 4.69) is 37.4 Å². The first kappa shape index (κ1) is 13.4. The summed E-state index contributed by atoms with van der Waals surface area (Å²) in [6.45, 7) is 4.17. The first-order valence-electron chi connectivity index (χ1n) is 6.05. The predicted molar refractivity (Wildman–Crippen MR) is 78.8 cm³/mol. The zero-order chi connectivity index (χ0) is 13.8. The monoisotopic (exact) mass is 272 g/mol. The van der Waals surface area contributed by atoms with Gasteiger partial charge >= 0.3 is 0 Å². The van der Waals surface area contributed by atoms with E-state index in [1.165, 1.54) is 9.75 Å². The van der Waals surface area contributed by atoms with Gasteiger partial charge in [-0.05, 0) is 38.1 Å². The number of nitriles is 1. The van der Waals surface area contributed by atoms with Gasteiger partial charge in [-0.1, -0.05) is 6.07 Å². The van der Waals surface area contributed by atoms with Crippen LogP contribution in [-0.2, 0) is 0 Å². The second kappa shape index (κ2) is 5.77. The fourth-order valence-electron chi connectivity index (χ4n) is 1.92. The van der Waals surface area contributed by atoms with Crippen LogP contribution in [0.4, 0.5) is 5.69 Å². The van der Waals surface area contributed by atoms with Crippen molar-refractivity contribution in [1.29, 1.82) is 5.26 Å². The van der Waals surface area contributed by atoms with Gasteiger partial charge in [0.2, 0.25) is 0 Å². The van der Waals surface area contributed by atoms with Crippen LogP contribution in [0.5, 0.6) is 5.75 Å². The highest BCUT2D eigenvalue weighted by atomic mass is 32.1. The number of thiophene rings is 1. The number of hydrogen-bond donors (Lipinski definition) is 1. The summed E-state index contributed by atoms with van der Waals surface area (Å²) in [6, 6.07) is 12.0. The van der Waals surface area contributed by atoms with Gasteiger partial charge in [0.15, 0.2) is 0 Å². The second-order valence-corrected chi connectivity index (χ2v) is 5.63. The highest BCUT2D eigenvalue weighted by Gasteiger charge is 2.13. The van der Waals surface area contributed by atoms with Crippen LogP contribution < -0.4 is 10.1 Å². The van der Waals surface area contributed by atoms with Crippen molar-refractivity contribution in [3.63, 3.8) is 0 Å². The molecule has 0 bridgehead atoms. The molecule has 1 heterocycles. The number of methoxy groups -OCH3 is 1. The Morgan fingerprint density at radius 1 is 1.32 bits per heavy atom. The van der Waals surface area contributed by atoms with E-state index in [4.69, 9.17) is 4.74 Å². The Hall–Kier alpha value is -1.99. The van der Waals surface area contributed by atoms with Crippen molar-refractivity contribution in [2.24, 2.45) is 0 Å². The fraction of sp³-hybridized carbons (Fsp3) is 0.267. The zero-order valence-corrected chi connectivity index (χ0v) is 12.0. The molecule has 0 aliphatic heterocycles. The molecule has 0 aliphatic carbocycles. The number of nitrogens with zero attached hydrogens (tertiary/aromatic N) is 1. The number of rotatable bonds is 4. The van der Waals surface area contributed by atoms with Crippen molar-refractivity contribution in [1.82, 2.24) is 0 Å². The predicted octanol–water partition coefficient (Wildman–Crippen LogP) is 4.11. The third kappa shape index (κ3) is 2.88. The summed E-state index contributed by atoms with van der Waals surface area (Å²) in [6.07, 6.45) is 0. The van der Waals surface area contributed by atoms with Gasteiger partial charge in [-0.2, -0.15) is 5.26 Å². The molecule has 1 aromatic heterocycles. The molecule has 0 spiro atoms. The Bertz CT molecular complexity index is 613. The van der Waals surface area contributed by atoms with Crippen LogP contribution in [0, 0.1) is 18.3 Å². The summed E-state index contributed by atoms with van der Waals surface area (Å²) in [5.74, 6) is 0.694. The number of hydrogen-bond acceptors (Lipinski definition) is 4. The van der Waals surface area contributed by atoms with Crippen molar-refractivity contribution in [2.45, 2.75) is 19.9 Å². The first-order chi connectivity index (χ1) is 9.15. The minimum atomic E-state index is 0.141. The number of aryl methyl sites for hydroxylation is 1. The van der Waals surface area contributed by atoms with Gasteiger partial charge in [0.05, 0.1) is 24.4 Å². The molecule has 1 atom stereocenters. The van der Waals surface area contributed by atoms with Crippen molar-refractivity contribution in [3.05, 3.63) is 45.6 Å². The smallest absolute Gasteiger partial charge is 0.143 e. The van der Waals surface area contributed by atoms with E-state index in [0.717, 1.165) is 5.69 Å². The SMILES string of the molecule is COc1cccc(C#N)c1NC(C)c1ccc(C)s1. The van der Waals surface area contributed by atoms with Crippen molar-refractivity contribution in [2.75, 3.05) is 12.4 Å². The lowest BCUT2D eigenvalue weighted by atomic mass is 10.1. The molecule has 0 aliphatic rings. The number of ether oxygens (including phenoxy) is 1. The zero-order valence-electron chi connectivity index (χ0n) is 11.2. The Balaban J connectivity index is 2.30. The van der Waals surface area contributed by atoms with E-state index in [1.54, 1.807) is 24.5 Å². The number of para-hydroxylation sites is 1. The van der Waals surface area contributed by atoms with Gasteiger partial charge in [0.1, 0.15) is 11.8 Å². The fourth-order valence-corrected chi connectivity index (χ4v) is 2.80. The molecule has 2 rings (SSSR count). The average Bonchev–Trinajstić information content (AvgIpc) is 2.85. The van der Waals surface area contributed by atoms with Crippen molar-refractivity contribution >= 4 is 17.0 Å². The molecule has 1 N–H and O–H groups in total. The molecule has 19 heavy (non-hydrogen) atoms. The molecule has 2 aromatic rings. The Morgan fingerprint density at radius 2 is 2.11 bits per heavy atom. The standard InChI is InChI=1S/C15H16N2OS/c1-10-7-8-14(19-10)11(2)17-15-12(9-16)5-4-6-13(15)18-3/h4-8,11,17H,1-3H3. The van der Waals surface area contributed by atoms with Crippen molar-refractivity contribution < 1.29 is 4.74 Å². The lowest BCUT2D eigenvalue weighted by Crippen LogP contribution is -2.07. The Morgan fingerprint density at radius 3 is 2.68 bits per heavy atom. The maximum Gasteiger partial charge on any atom is 0.143 e. The van der Waals surface area contributed by atoms with Crippen molar-refractivity contribution in [3.8, 4) is 11.8 Å². The summed E-state index contributed by atoms with van der Waals surface area (Å²) >= 11 is 1.76. The second-order valence-electron chi connectivity index (χ2n) is 4.31. The summed E-state index contributed by atoms with van der Waals surface area (Å²) in [5, 5.41) is 12.6. The quantitative estimate of drug-likeness (QED) is 0.911. The summed E-state index contributed by atoms with van der Waals surface area (Å²) < 4.78 is 5.32. The van der Waals surface area contributed by atoms with E-state index in [9.17, 15) is 5.26 Å². The summed E-state index contributed by atoms with van der Waals surface area (Å²) in [5.41, 5.74) is 1.35. The molecule has 0 saturated heterocycles. The molecule has 0 saturated carbocycles. The number of nitrogens with one attached hydrogen (secondary N) is 1. The van der Waals surface area contributed by atoms with Crippen LogP contribution in [0.2, 0.25) is 0 Å². The molecule has 1 aromatic carbocycles. The molecule has 98 valence electrons. The average molecular weight is 272 g/mol. The third-order valence-corrected chi connectivity index (χ3v) is 4.10. The van der Waals surface area contributed by atoms with Gasteiger partial charge in [-0.15, -0.1) is 11.3 Å².